The molecule has 1 atom stereocenters. The van der Waals surface area contributed by atoms with Crippen LogP contribution in [-0.2, 0) is 4.79 Å². The number of hydrogen-bond acceptors (Lipinski definition) is 3. The zero-order valence-electron chi connectivity index (χ0n) is 10.6. The maximum atomic E-state index is 11.8. The number of rotatable bonds is 5. The standard InChI is InChI=1S/C15H14ClNO3/c16-12-6-3-11(4-7-12)5-8-15(19)17-13(10-18)14-2-1-9-20-14/h1-9,13,18H,10H2,(H,17,19)/b8-5+. The SMILES string of the molecule is O=C(/C=C/c1ccc(Cl)cc1)NC(CO)c1ccco1. The zero-order valence-corrected chi connectivity index (χ0v) is 11.4. The van der Waals surface area contributed by atoms with Crippen molar-refractivity contribution >= 4 is 23.6 Å². The summed E-state index contributed by atoms with van der Waals surface area (Å²) >= 11 is 5.78. The number of nitrogens with one attached hydrogen (secondary N) is 1. The van der Waals surface area contributed by atoms with Crippen LogP contribution in [-0.4, -0.2) is 17.6 Å². The molecule has 20 heavy (non-hydrogen) atoms. The van der Waals surface area contributed by atoms with Crippen molar-refractivity contribution in [1.82, 2.24) is 5.32 Å². The van der Waals surface area contributed by atoms with Crippen LogP contribution >= 0.6 is 11.6 Å². The van der Waals surface area contributed by atoms with Crippen LogP contribution in [0.5, 0.6) is 0 Å². The lowest BCUT2D eigenvalue weighted by molar-refractivity contribution is -0.117. The molecular weight excluding hydrogens is 278 g/mol. The fourth-order valence-electron chi connectivity index (χ4n) is 1.66. The van der Waals surface area contributed by atoms with E-state index in [1.54, 1.807) is 30.3 Å². The topological polar surface area (TPSA) is 62.5 Å². The molecule has 1 unspecified atom stereocenters. The van der Waals surface area contributed by atoms with Gasteiger partial charge in [0.15, 0.2) is 0 Å². The van der Waals surface area contributed by atoms with Gasteiger partial charge in [0.2, 0.25) is 5.91 Å². The summed E-state index contributed by atoms with van der Waals surface area (Å²) in [5.41, 5.74) is 0.864. The quantitative estimate of drug-likeness (QED) is 0.833. The molecule has 0 aliphatic heterocycles. The number of benzene rings is 1. The number of carbonyl (C=O) groups excluding carboxylic acids is 1. The Balaban J connectivity index is 1.96. The lowest BCUT2D eigenvalue weighted by Gasteiger charge is -2.11. The van der Waals surface area contributed by atoms with E-state index < -0.39 is 6.04 Å². The van der Waals surface area contributed by atoms with Crippen LogP contribution in [0.3, 0.4) is 0 Å². The predicted molar refractivity (Wildman–Crippen MR) is 77.2 cm³/mol. The Labute approximate surface area is 121 Å². The fourth-order valence-corrected chi connectivity index (χ4v) is 1.79. The molecule has 5 heteroatoms. The highest BCUT2D eigenvalue weighted by Gasteiger charge is 2.14. The van der Waals surface area contributed by atoms with Gasteiger partial charge in [-0.1, -0.05) is 23.7 Å². The summed E-state index contributed by atoms with van der Waals surface area (Å²) in [5, 5.41) is 12.5. The largest absolute Gasteiger partial charge is 0.467 e. The fraction of sp³-hybridized carbons (Fsp3) is 0.133. The summed E-state index contributed by atoms with van der Waals surface area (Å²) in [7, 11) is 0. The molecule has 1 amide bonds. The van der Waals surface area contributed by atoms with Crippen LogP contribution in [0.2, 0.25) is 5.02 Å². The molecule has 0 saturated carbocycles. The van der Waals surface area contributed by atoms with Gasteiger partial charge in [-0.05, 0) is 35.9 Å². The van der Waals surface area contributed by atoms with Crippen LogP contribution in [0.25, 0.3) is 6.08 Å². The molecule has 0 radical (unpaired) electrons. The molecule has 2 aromatic rings. The second-order valence-corrected chi connectivity index (χ2v) is 4.58. The van der Waals surface area contributed by atoms with Gasteiger partial charge in [-0.15, -0.1) is 0 Å². The van der Waals surface area contributed by atoms with E-state index in [0.29, 0.717) is 10.8 Å². The first kappa shape index (κ1) is 14.4. The lowest BCUT2D eigenvalue weighted by Crippen LogP contribution is -2.28. The van der Waals surface area contributed by atoms with E-state index in [-0.39, 0.29) is 12.5 Å². The van der Waals surface area contributed by atoms with Crippen molar-refractivity contribution in [2.45, 2.75) is 6.04 Å². The summed E-state index contributed by atoms with van der Waals surface area (Å²) < 4.78 is 5.15. The normalized spacial score (nSPS) is 12.5. The molecular formula is C15H14ClNO3. The first-order valence-electron chi connectivity index (χ1n) is 6.07. The van der Waals surface area contributed by atoms with Crippen LogP contribution in [0.1, 0.15) is 17.4 Å². The van der Waals surface area contributed by atoms with Crippen molar-refractivity contribution < 1.29 is 14.3 Å². The van der Waals surface area contributed by atoms with E-state index in [1.165, 1.54) is 12.3 Å². The molecule has 1 aromatic heterocycles. The van der Waals surface area contributed by atoms with E-state index in [1.807, 2.05) is 12.1 Å². The molecule has 0 spiro atoms. The van der Waals surface area contributed by atoms with Gasteiger partial charge in [-0.25, -0.2) is 0 Å². The maximum Gasteiger partial charge on any atom is 0.244 e. The minimum atomic E-state index is -0.549. The Morgan fingerprint density at radius 1 is 1.35 bits per heavy atom. The molecule has 2 rings (SSSR count). The molecule has 0 saturated heterocycles. The second kappa shape index (κ2) is 6.93. The van der Waals surface area contributed by atoms with E-state index in [2.05, 4.69) is 5.32 Å². The molecule has 0 aliphatic carbocycles. The van der Waals surface area contributed by atoms with Crippen LogP contribution in [0.4, 0.5) is 0 Å². The Hall–Kier alpha value is -2.04. The van der Waals surface area contributed by atoms with Crippen LogP contribution in [0, 0.1) is 0 Å². The maximum absolute atomic E-state index is 11.8. The van der Waals surface area contributed by atoms with Gasteiger partial charge in [0, 0.05) is 11.1 Å². The van der Waals surface area contributed by atoms with E-state index >= 15 is 0 Å². The van der Waals surface area contributed by atoms with E-state index in [9.17, 15) is 9.90 Å². The minimum absolute atomic E-state index is 0.228. The first-order chi connectivity index (χ1) is 9.69. The van der Waals surface area contributed by atoms with Gasteiger partial charge in [-0.2, -0.15) is 0 Å². The highest BCUT2D eigenvalue weighted by Crippen LogP contribution is 2.13. The predicted octanol–water partition coefficient (Wildman–Crippen LogP) is 2.80. The summed E-state index contributed by atoms with van der Waals surface area (Å²) in [5.74, 6) is 0.205. The molecule has 104 valence electrons. The van der Waals surface area contributed by atoms with Gasteiger partial charge in [0.05, 0.1) is 12.9 Å². The average Bonchev–Trinajstić information content (AvgIpc) is 2.98. The second-order valence-electron chi connectivity index (χ2n) is 4.14. The van der Waals surface area contributed by atoms with E-state index in [4.69, 9.17) is 16.0 Å². The highest BCUT2D eigenvalue weighted by atomic mass is 35.5. The summed E-state index contributed by atoms with van der Waals surface area (Å²) in [6.07, 6.45) is 4.56. The molecule has 0 fully saturated rings. The van der Waals surface area contributed by atoms with Gasteiger partial charge < -0.3 is 14.8 Å². The third-order valence-corrected chi connectivity index (χ3v) is 2.93. The van der Waals surface area contributed by atoms with Gasteiger partial charge >= 0.3 is 0 Å². The number of carbonyl (C=O) groups is 1. The molecule has 1 heterocycles. The average molecular weight is 292 g/mol. The van der Waals surface area contributed by atoms with Crippen molar-refractivity contribution in [3.63, 3.8) is 0 Å². The van der Waals surface area contributed by atoms with Crippen molar-refractivity contribution in [2.24, 2.45) is 0 Å². The first-order valence-corrected chi connectivity index (χ1v) is 6.45. The number of furan rings is 1. The lowest BCUT2D eigenvalue weighted by atomic mass is 10.2. The van der Waals surface area contributed by atoms with Crippen molar-refractivity contribution in [3.05, 3.63) is 65.1 Å². The zero-order chi connectivity index (χ0) is 14.4. The van der Waals surface area contributed by atoms with E-state index in [0.717, 1.165) is 5.56 Å². The Morgan fingerprint density at radius 2 is 2.10 bits per heavy atom. The van der Waals surface area contributed by atoms with Gasteiger partial charge in [0.25, 0.3) is 0 Å². The number of aliphatic hydroxyl groups is 1. The van der Waals surface area contributed by atoms with Crippen molar-refractivity contribution in [1.29, 1.82) is 0 Å². The van der Waals surface area contributed by atoms with Crippen molar-refractivity contribution in [2.75, 3.05) is 6.61 Å². The minimum Gasteiger partial charge on any atom is -0.467 e. The molecule has 2 N–H and O–H groups in total. The Kier molecular flexibility index (Phi) is 4.98. The summed E-state index contributed by atoms with van der Waals surface area (Å²) in [6.45, 7) is -0.228. The van der Waals surface area contributed by atoms with Gasteiger partial charge in [0.1, 0.15) is 11.8 Å². The number of amides is 1. The molecule has 1 aromatic carbocycles. The number of halogens is 1. The third-order valence-electron chi connectivity index (χ3n) is 2.68. The van der Waals surface area contributed by atoms with Gasteiger partial charge in [-0.3, -0.25) is 4.79 Å². The molecule has 0 aliphatic rings. The monoisotopic (exact) mass is 291 g/mol. The molecule has 4 nitrogen and oxygen atoms in total. The van der Waals surface area contributed by atoms with Crippen LogP contribution in [0.15, 0.2) is 53.2 Å². The number of aliphatic hydroxyl groups excluding tert-OH is 1. The Bertz CT molecular complexity index is 576. The smallest absolute Gasteiger partial charge is 0.244 e. The third kappa shape index (κ3) is 3.98. The Morgan fingerprint density at radius 3 is 2.70 bits per heavy atom. The highest BCUT2D eigenvalue weighted by molar-refractivity contribution is 6.30. The summed E-state index contributed by atoms with van der Waals surface area (Å²) in [4.78, 5) is 11.8. The number of hydrogen-bond donors (Lipinski definition) is 2. The summed E-state index contributed by atoms with van der Waals surface area (Å²) in [6, 6.07) is 9.96. The van der Waals surface area contributed by atoms with Crippen LogP contribution < -0.4 is 5.32 Å². The molecule has 0 bridgehead atoms. The van der Waals surface area contributed by atoms with Crippen molar-refractivity contribution in [3.8, 4) is 0 Å².